The smallest absolute Gasteiger partial charge is 0.152 e. The Kier molecular flexibility index (Phi) is 3.79. The highest BCUT2D eigenvalue weighted by molar-refractivity contribution is 5.87. The van der Waals surface area contributed by atoms with Crippen molar-refractivity contribution in [3.8, 4) is 5.69 Å². The molecule has 3 aromatic carbocycles. The molecule has 5 rings (SSSR count). The largest absolute Gasteiger partial charge is 0.326 e. The highest BCUT2D eigenvalue weighted by Crippen LogP contribution is 2.23. The van der Waals surface area contributed by atoms with Crippen LogP contribution in [0.1, 0.15) is 11.4 Å². The van der Waals surface area contributed by atoms with Gasteiger partial charge >= 0.3 is 0 Å². The van der Waals surface area contributed by atoms with Gasteiger partial charge in [0.05, 0.1) is 34.0 Å². The van der Waals surface area contributed by atoms with Crippen LogP contribution in [0.2, 0.25) is 0 Å². The normalized spacial score (nSPS) is 11.8. The summed E-state index contributed by atoms with van der Waals surface area (Å²) in [6, 6.07) is 22.6. The number of para-hydroxylation sites is 2. The molecule has 0 N–H and O–H groups in total. The van der Waals surface area contributed by atoms with Gasteiger partial charge in [0.1, 0.15) is 6.33 Å². The summed E-state index contributed by atoms with van der Waals surface area (Å²) in [6.45, 7) is 2.09. The molecule has 0 saturated heterocycles. The van der Waals surface area contributed by atoms with E-state index in [0.29, 0.717) is 0 Å². The molecule has 5 heteroatoms. The zero-order chi connectivity index (χ0) is 19.1. The van der Waals surface area contributed by atoms with Crippen molar-refractivity contribution in [2.45, 2.75) is 6.92 Å². The van der Waals surface area contributed by atoms with Crippen LogP contribution in [0.5, 0.6) is 0 Å². The first-order valence-electron chi connectivity index (χ1n) is 9.19. The van der Waals surface area contributed by atoms with Crippen molar-refractivity contribution < 1.29 is 0 Å². The second-order valence-electron chi connectivity index (χ2n) is 6.90. The van der Waals surface area contributed by atoms with E-state index in [4.69, 9.17) is 0 Å². The quantitative estimate of drug-likeness (QED) is 0.424. The molecule has 0 aliphatic rings. The molecule has 136 valence electrons. The molecule has 5 nitrogen and oxygen atoms in total. The lowest BCUT2D eigenvalue weighted by atomic mass is 10.2. The van der Waals surface area contributed by atoms with E-state index in [9.17, 15) is 0 Å². The third-order valence-electron chi connectivity index (χ3n) is 4.99. The summed E-state index contributed by atoms with van der Waals surface area (Å²) in [6.07, 6.45) is 3.66. The van der Waals surface area contributed by atoms with Crippen molar-refractivity contribution in [1.29, 1.82) is 0 Å². The lowest BCUT2D eigenvalue weighted by molar-refractivity contribution is 0.935. The molecule has 2 heterocycles. The zero-order valence-corrected chi connectivity index (χ0v) is 15.7. The van der Waals surface area contributed by atoms with Gasteiger partial charge < -0.3 is 4.57 Å². The average Bonchev–Trinajstić information content (AvgIpc) is 3.28. The maximum Gasteiger partial charge on any atom is 0.152 e. The van der Waals surface area contributed by atoms with E-state index in [1.807, 2.05) is 48.3 Å². The van der Waals surface area contributed by atoms with Crippen LogP contribution in [0, 0.1) is 6.92 Å². The number of fused-ring (bicyclic) bond motifs is 2. The van der Waals surface area contributed by atoms with Crippen LogP contribution in [0.4, 0.5) is 5.69 Å². The topological polar surface area (TPSA) is 48.0 Å². The van der Waals surface area contributed by atoms with Crippen molar-refractivity contribution >= 4 is 34.0 Å². The average molecular weight is 365 g/mol. The Balaban J connectivity index is 1.49. The Bertz CT molecular complexity index is 1320. The summed E-state index contributed by atoms with van der Waals surface area (Å²) in [5, 5.41) is 0. The van der Waals surface area contributed by atoms with E-state index < -0.39 is 0 Å². The number of aryl methyl sites for hydroxylation is 2. The summed E-state index contributed by atoms with van der Waals surface area (Å²) in [4.78, 5) is 13.8. The van der Waals surface area contributed by atoms with Crippen LogP contribution < -0.4 is 0 Å². The van der Waals surface area contributed by atoms with Crippen LogP contribution in [-0.2, 0) is 7.05 Å². The van der Waals surface area contributed by atoms with E-state index in [0.717, 1.165) is 39.3 Å². The van der Waals surface area contributed by atoms with Crippen LogP contribution in [-0.4, -0.2) is 25.3 Å². The highest BCUT2D eigenvalue weighted by atomic mass is 15.1. The monoisotopic (exact) mass is 365 g/mol. The van der Waals surface area contributed by atoms with Crippen molar-refractivity contribution in [3.05, 3.63) is 84.4 Å². The molecule has 0 fully saturated rings. The van der Waals surface area contributed by atoms with Gasteiger partial charge in [-0.25, -0.2) is 9.97 Å². The molecule has 0 aliphatic carbocycles. The molecule has 0 amide bonds. The first kappa shape index (κ1) is 16.4. The van der Waals surface area contributed by atoms with E-state index >= 15 is 0 Å². The Morgan fingerprint density at radius 2 is 1.71 bits per heavy atom. The van der Waals surface area contributed by atoms with E-state index in [1.165, 1.54) is 5.56 Å². The molecule has 5 aromatic rings. The van der Waals surface area contributed by atoms with E-state index in [1.54, 1.807) is 6.21 Å². The third kappa shape index (κ3) is 2.77. The number of nitrogens with zero attached hydrogens (tertiary/aromatic N) is 5. The SMILES string of the molecule is Cc1ccc(-n2cnc3cc(N=Cc4nc5ccccc5n4C)ccc32)cc1. The molecule has 0 atom stereocenters. The number of rotatable bonds is 3. The fourth-order valence-electron chi connectivity index (χ4n) is 3.40. The number of imidazole rings is 2. The number of aromatic nitrogens is 4. The number of benzene rings is 3. The van der Waals surface area contributed by atoms with E-state index in [-0.39, 0.29) is 0 Å². The Hall–Kier alpha value is -3.73. The van der Waals surface area contributed by atoms with Crippen LogP contribution in [0.15, 0.2) is 78.0 Å². The lowest BCUT2D eigenvalue weighted by Crippen LogP contribution is -1.95. The predicted octanol–water partition coefficient (Wildman–Crippen LogP) is 4.97. The van der Waals surface area contributed by atoms with Crippen molar-refractivity contribution in [2.75, 3.05) is 0 Å². The van der Waals surface area contributed by atoms with Gasteiger partial charge in [-0.15, -0.1) is 0 Å². The summed E-state index contributed by atoms with van der Waals surface area (Å²) in [7, 11) is 2.00. The molecular formula is C23H19N5. The van der Waals surface area contributed by atoms with Gasteiger partial charge in [0.2, 0.25) is 0 Å². The first-order valence-corrected chi connectivity index (χ1v) is 9.19. The van der Waals surface area contributed by atoms with E-state index in [2.05, 4.69) is 62.8 Å². The second-order valence-corrected chi connectivity index (χ2v) is 6.90. The standard InChI is InChI=1S/C23H19N5/c1-16-7-10-18(11-8-16)28-15-25-20-13-17(9-12-22(20)28)24-14-23-26-19-5-3-4-6-21(19)27(23)2/h3-15H,1-2H3. The van der Waals surface area contributed by atoms with Crippen LogP contribution in [0.3, 0.4) is 0 Å². The first-order chi connectivity index (χ1) is 13.7. The molecule has 0 unspecified atom stereocenters. The van der Waals surface area contributed by atoms with Gasteiger partial charge in [-0.05, 0) is 49.4 Å². The molecule has 0 bridgehead atoms. The van der Waals surface area contributed by atoms with Gasteiger partial charge in [0.25, 0.3) is 0 Å². The van der Waals surface area contributed by atoms with Gasteiger partial charge in [0, 0.05) is 12.7 Å². The van der Waals surface area contributed by atoms with Crippen LogP contribution in [0.25, 0.3) is 27.8 Å². The number of aliphatic imine (C=N–C) groups is 1. The minimum absolute atomic E-state index is 0.825. The molecule has 0 radical (unpaired) electrons. The molecule has 0 spiro atoms. The van der Waals surface area contributed by atoms with Gasteiger partial charge in [-0.2, -0.15) is 0 Å². The molecule has 0 aliphatic heterocycles. The maximum atomic E-state index is 4.63. The molecule has 28 heavy (non-hydrogen) atoms. The number of hydrogen-bond acceptors (Lipinski definition) is 3. The van der Waals surface area contributed by atoms with Gasteiger partial charge in [-0.3, -0.25) is 9.56 Å². The predicted molar refractivity (Wildman–Crippen MR) is 114 cm³/mol. The minimum atomic E-state index is 0.825. The fourth-order valence-corrected chi connectivity index (χ4v) is 3.40. The Morgan fingerprint density at radius 1 is 0.893 bits per heavy atom. The Labute approximate surface area is 162 Å². The van der Waals surface area contributed by atoms with Gasteiger partial charge in [-0.1, -0.05) is 29.8 Å². The summed E-state index contributed by atoms with van der Waals surface area (Å²) >= 11 is 0. The number of hydrogen-bond donors (Lipinski definition) is 0. The van der Waals surface area contributed by atoms with Gasteiger partial charge in [0.15, 0.2) is 5.82 Å². The molecular weight excluding hydrogens is 346 g/mol. The Morgan fingerprint density at radius 3 is 2.54 bits per heavy atom. The second kappa shape index (κ2) is 6.46. The fraction of sp³-hybridized carbons (Fsp3) is 0.0870. The minimum Gasteiger partial charge on any atom is -0.326 e. The molecule has 2 aromatic heterocycles. The van der Waals surface area contributed by atoms with Crippen molar-refractivity contribution in [1.82, 2.24) is 19.1 Å². The van der Waals surface area contributed by atoms with Crippen LogP contribution >= 0.6 is 0 Å². The summed E-state index contributed by atoms with van der Waals surface area (Å²) in [5.74, 6) is 0.825. The maximum absolute atomic E-state index is 4.63. The third-order valence-corrected chi connectivity index (χ3v) is 4.99. The summed E-state index contributed by atoms with van der Waals surface area (Å²) < 4.78 is 4.14. The molecule has 0 saturated carbocycles. The highest BCUT2D eigenvalue weighted by Gasteiger charge is 2.07. The lowest BCUT2D eigenvalue weighted by Gasteiger charge is -2.04. The van der Waals surface area contributed by atoms with Crippen molar-refractivity contribution in [2.24, 2.45) is 12.0 Å². The summed E-state index contributed by atoms with van der Waals surface area (Å²) in [5.41, 5.74) is 7.24. The zero-order valence-electron chi connectivity index (χ0n) is 15.7. The van der Waals surface area contributed by atoms with Crippen molar-refractivity contribution in [3.63, 3.8) is 0 Å².